The largest absolute Gasteiger partial charge is 0.352 e. The molecule has 0 unspecified atom stereocenters. The number of benzene rings is 2. The van der Waals surface area contributed by atoms with Gasteiger partial charge in [0.15, 0.2) is 5.13 Å². The Kier molecular flexibility index (Phi) is 6.86. The van der Waals surface area contributed by atoms with Crippen LogP contribution < -0.4 is 10.2 Å². The summed E-state index contributed by atoms with van der Waals surface area (Å²) in [4.78, 5) is 29.6. The zero-order valence-corrected chi connectivity index (χ0v) is 16.7. The van der Waals surface area contributed by atoms with Gasteiger partial charge in [0.2, 0.25) is 11.8 Å². The van der Waals surface area contributed by atoms with E-state index in [1.807, 2.05) is 30.3 Å². The molecular weight excluding hydrogens is 389 g/mol. The Hall–Kier alpha value is -3.32. The molecule has 0 aliphatic carbocycles. The summed E-state index contributed by atoms with van der Waals surface area (Å²) in [6, 6.07) is 15.9. The molecule has 29 heavy (non-hydrogen) atoms. The van der Waals surface area contributed by atoms with Crippen molar-refractivity contribution >= 4 is 40.0 Å². The Morgan fingerprint density at radius 1 is 1.14 bits per heavy atom. The molecule has 2 aromatic carbocycles. The number of amides is 2. The Morgan fingerprint density at radius 3 is 2.59 bits per heavy atom. The highest BCUT2D eigenvalue weighted by atomic mass is 32.1. The molecule has 0 aliphatic heterocycles. The highest BCUT2D eigenvalue weighted by molar-refractivity contribution is 7.14. The van der Waals surface area contributed by atoms with Gasteiger partial charge in [-0.3, -0.25) is 14.5 Å². The van der Waals surface area contributed by atoms with Gasteiger partial charge in [0.25, 0.3) is 0 Å². The molecule has 0 saturated heterocycles. The third kappa shape index (κ3) is 5.58. The van der Waals surface area contributed by atoms with Crippen LogP contribution in [0.3, 0.4) is 0 Å². The smallest absolute Gasteiger partial charge is 0.244 e. The summed E-state index contributed by atoms with van der Waals surface area (Å²) in [7, 11) is 0. The number of rotatable bonds is 7. The topological polar surface area (TPSA) is 62.3 Å². The Labute approximate surface area is 172 Å². The summed E-state index contributed by atoms with van der Waals surface area (Å²) < 4.78 is 14.1. The Balaban J connectivity index is 1.62. The molecule has 0 atom stereocenters. The number of aromatic nitrogens is 1. The molecule has 5 nitrogen and oxygen atoms in total. The summed E-state index contributed by atoms with van der Waals surface area (Å²) in [6.45, 7) is 1.88. The highest BCUT2D eigenvalue weighted by Crippen LogP contribution is 2.30. The van der Waals surface area contributed by atoms with E-state index in [0.29, 0.717) is 17.4 Å². The molecular formula is C22H20FN3O2S. The lowest BCUT2D eigenvalue weighted by molar-refractivity contribution is -0.117. The SMILES string of the molecule is CC(=O)N(c1nc(C=CC(=O)NCCc2ccccc2)cs1)c1ccccc1F. The van der Waals surface area contributed by atoms with Gasteiger partial charge in [-0.1, -0.05) is 42.5 Å². The van der Waals surface area contributed by atoms with E-state index in [4.69, 9.17) is 0 Å². The lowest BCUT2D eigenvalue weighted by Crippen LogP contribution is -2.23. The number of para-hydroxylation sites is 1. The first-order chi connectivity index (χ1) is 14.0. The Bertz CT molecular complexity index is 1020. The number of hydrogen-bond donors (Lipinski definition) is 1. The van der Waals surface area contributed by atoms with Crippen LogP contribution in [0.25, 0.3) is 6.08 Å². The van der Waals surface area contributed by atoms with Crippen molar-refractivity contribution in [2.75, 3.05) is 11.4 Å². The zero-order valence-electron chi connectivity index (χ0n) is 15.8. The van der Waals surface area contributed by atoms with Gasteiger partial charge >= 0.3 is 0 Å². The van der Waals surface area contributed by atoms with E-state index in [2.05, 4.69) is 10.3 Å². The molecule has 0 saturated carbocycles. The zero-order chi connectivity index (χ0) is 20.6. The molecule has 1 aromatic heterocycles. The van der Waals surface area contributed by atoms with E-state index in [-0.39, 0.29) is 17.5 Å². The van der Waals surface area contributed by atoms with Gasteiger partial charge in [0.1, 0.15) is 5.82 Å². The molecule has 0 aliphatic rings. The van der Waals surface area contributed by atoms with Crippen LogP contribution in [0.15, 0.2) is 66.1 Å². The number of nitrogens with zero attached hydrogens (tertiary/aromatic N) is 2. The normalized spacial score (nSPS) is 10.8. The molecule has 0 radical (unpaired) electrons. The third-order valence-electron chi connectivity index (χ3n) is 4.07. The highest BCUT2D eigenvalue weighted by Gasteiger charge is 2.20. The number of nitrogens with one attached hydrogen (secondary N) is 1. The summed E-state index contributed by atoms with van der Waals surface area (Å²) in [5.41, 5.74) is 1.81. The van der Waals surface area contributed by atoms with Crippen LogP contribution in [0.2, 0.25) is 0 Å². The molecule has 2 amide bonds. The van der Waals surface area contributed by atoms with E-state index in [1.165, 1.54) is 41.4 Å². The van der Waals surface area contributed by atoms with Crippen LogP contribution in [0.1, 0.15) is 18.2 Å². The minimum Gasteiger partial charge on any atom is -0.352 e. The summed E-state index contributed by atoms with van der Waals surface area (Å²) in [6.07, 6.45) is 3.71. The van der Waals surface area contributed by atoms with Crippen molar-refractivity contribution in [3.63, 3.8) is 0 Å². The van der Waals surface area contributed by atoms with Gasteiger partial charge < -0.3 is 5.32 Å². The average Bonchev–Trinajstić information content (AvgIpc) is 3.17. The van der Waals surface area contributed by atoms with Crippen LogP contribution in [0.4, 0.5) is 15.2 Å². The fraction of sp³-hybridized carbons (Fsp3) is 0.136. The first-order valence-electron chi connectivity index (χ1n) is 9.05. The van der Waals surface area contributed by atoms with Crippen LogP contribution in [0.5, 0.6) is 0 Å². The van der Waals surface area contributed by atoms with Gasteiger partial charge in [-0.05, 0) is 30.2 Å². The average molecular weight is 409 g/mol. The first-order valence-corrected chi connectivity index (χ1v) is 9.93. The fourth-order valence-corrected chi connectivity index (χ4v) is 3.54. The standard InChI is InChI=1S/C22H20FN3O2S/c1-16(27)26(20-10-6-5-9-19(20)23)22-25-18(15-29-22)11-12-21(28)24-14-13-17-7-3-2-4-8-17/h2-12,15H,13-14H2,1H3,(H,24,28). The molecule has 1 N–H and O–H groups in total. The third-order valence-corrected chi connectivity index (χ3v) is 4.91. The second kappa shape index (κ2) is 9.75. The molecule has 0 bridgehead atoms. The summed E-state index contributed by atoms with van der Waals surface area (Å²) in [5.74, 6) is -1.08. The van der Waals surface area contributed by atoms with Crippen LogP contribution in [0, 0.1) is 5.82 Å². The quantitative estimate of drug-likeness (QED) is 0.591. The van der Waals surface area contributed by atoms with E-state index >= 15 is 0 Å². The van der Waals surface area contributed by atoms with E-state index < -0.39 is 5.82 Å². The number of hydrogen-bond acceptors (Lipinski definition) is 4. The van der Waals surface area contributed by atoms with E-state index in [0.717, 1.165) is 12.0 Å². The predicted molar refractivity (Wildman–Crippen MR) is 114 cm³/mol. The molecule has 1 heterocycles. The molecule has 148 valence electrons. The predicted octanol–water partition coefficient (Wildman–Crippen LogP) is 4.34. The Morgan fingerprint density at radius 2 is 1.86 bits per heavy atom. The van der Waals surface area contributed by atoms with Crippen molar-refractivity contribution in [1.29, 1.82) is 0 Å². The van der Waals surface area contributed by atoms with Crippen molar-refractivity contribution in [2.45, 2.75) is 13.3 Å². The summed E-state index contributed by atoms with van der Waals surface area (Å²) in [5, 5.41) is 4.87. The van der Waals surface area contributed by atoms with Crippen molar-refractivity contribution < 1.29 is 14.0 Å². The molecule has 0 spiro atoms. The van der Waals surface area contributed by atoms with Gasteiger partial charge in [-0.25, -0.2) is 9.37 Å². The lowest BCUT2D eigenvalue weighted by atomic mass is 10.1. The second-order valence-electron chi connectivity index (χ2n) is 6.22. The monoisotopic (exact) mass is 409 g/mol. The van der Waals surface area contributed by atoms with Crippen LogP contribution in [-0.2, 0) is 16.0 Å². The fourth-order valence-electron chi connectivity index (χ4n) is 2.69. The van der Waals surface area contributed by atoms with Gasteiger partial charge in [-0.2, -0.15) is 0 Å². The number of carbonyl (C=O) groups is 2. The maximum atomic E-state index is 14.1. The van der Waals surface area contributed by atoms with E-state index in [9.17, 15) is 14.0 Å². The van der Waals surface area contributed by atoms with Crippen molar-refractivity contribution in [3.8, 4) is 0 Å². The van der Waals surface area contributed by atoms with E-state index in [1.54, 1.807) is 23.6 Å². The molecule has 0 fully saturated rings. The van der Waals surface area contributed by atoms with Crippen molar-refractivity contribution in [3.05, 3.63) is 83.1 Å². The van der Waals surface area contributed by atoms with Crippen molar-refractivity contribution in [1.82, 2.24) is 10.3 Å². The first kappa shape index (κ1) is 20.4. The maximum absolute atomic E-state index is 14.1. The van der Waals surface area contributed by atoms with Gasteiger partial charge in [0, 0.05) is 24.9 Å². The number of anilines is 2. The van der Waals surface area contributed by atoms with Crippen LogP contribution >= 0.6 is 11.3 Å². The molecule has 3 aromatic rings. The molecule has 3 rings (SSSR count). The maximum Gasteiger partial charge on any atom is 0.244 e. The second-order valence-corrected chi connectivity index (χ2v) is 7.06. The van der Waals surface area contributed by atoms with Crippen molar-refractivity contribution in [2.24, 2.45) is 0 Å². The molecule has 7 heteroatoms. The number of thiazole rings is 1. The lowest BCUT2D eigenvalue weighted by Gasteiger charge is -2.18. The minimum absolute atomic E-state index is 0.142. The van der Waals surface area contributed by atoms with Crippen LogP contribution in [-0.4, -0.2) is 23.3 Å². The van der Waals surface area contributed by atoms with Gasteiger partial charge in [-0.15, -0.1) is 11.3 Å². The summed E-state index contributed by atoms with van der Waals surface area (Å²) >= 11 is 1.20. The number of carbonyl (C=O) groups excluding carboxylic acids is 2. The minimum atomic E-state index is -0.507. The van der Waals surface area contributed by atoms with Gasteiger partial charge in [0.05, 0.1) is 11.4 Å². The number of halogens is 1.